The molecule has 0 amide bonds. The molecule has 0 spiro atoms. The van der Waals surface area contributed by atoms with Crippen LogP contribution in [0.1, 0.15) is 11.1 Å². The average molecular weight is 226 g/mol. The molecular formula is C11H9Cl2N. The Morgan fingerprint density at radius 2 is 1.79 bits per heavy atom. The minimum absolute atomic E-state index is 0.509. The monoisotopic (exact) mass is 225 g/mol. The highest BCUT2D eigenvalue weighted by atomic mass is 35.5. The van der Waals surface area contributed by atoms with Crippen molar-refractivity contribution in [3.05, 3.63) is 39.5 Å². The highest BCUT2D eigenvalue weighted by molar-refractivity contribution is 6.36. The molecule has 1 aromatic heterocycles. The molecule has 0 radical (unpaired) electrons. The van der Waals surface area contributed by atoms with Crippen LogP contribution in [-0.2, 0) is 0 Å². The molecule has 0 atom stereocenters. The first-order valence-electron chi connectivity index (χ1n) is 4.31. The predicted molar refractivity (Wildman–Crippen MR) is 61.2 cm³/mol. The molecule has 14 heavy (non-hydrogen) atoms. The Morgan fingerprint density at radius 1 is 1.07 bits per heavy atom. The van der Waals surface area contributed by atoms with Crippen LogP contribution < -0.4 is 0 Å². The summed E-state index contributed by atoms with van der Waals surface area (Å²) in [5, 5.41) is 2.27. The number of benzene rings is 1. The fourth-order valence-corrected chi connectivity index (χ4v) is 2.10. The van der Waals surface area contributed by atoms with Crippen LogP contribution >= 0.6 is 23.2 Å². The minimum Gasteiger partial charge on any atom is -0.236 e. The zero-order chi connectivity index (χ0) is 10.3. The van der Waals surface area contributed by atoms with Crippen molar-refractivity contribution >= 4 is 34.1 Å². The van der Waals surface area contributed by atoms with Crippen LogP contribution in [0.25, 0.3) is 10.9 Å². The number of aryl methyl sites for hydroxylation is 2. The Balaban J connectivity index is 2.95. The van der Waals surface area contributed by atoms with Gasteiger partial charge in [-0.15, -0.1) is 0 Å². The molecule has 0 aliphatic heterocycles. The lowest BCUT2D eigenvalue weighted by atomic mass is 10.1. The van der Waals surface area contributed by atoms with Crippen LogP contribution in [0, 0.1) is 13.8 Å². The zero-order valence-corrected chi connectivity index (χ0v) is 9.45. The maximum Gasteiger partial charge on any atom is 0.130 e. The number of rotatable bonds is 0. The number of hydrogen-bond acceptors (Lipinski definition) is 1. The molecule has 0 fully saturated rings. The van der Waals surface area contributed by atoms with Gasteiger partial charge in [0.05, 0.1) is 10.5 Å². The standard InChI is InChI=1S/C11H9Cl2N/c1-6-3-4-8-10(11(6)13)7(2)5-9(12)14-8/h3-5H,1-2H3. The largest absolute Gasteiger partial charge is 0.236 e. The molecule has 0 unspecified atom stereocenters. The van der Waals surface area contributed by atoms with E-state index in [4.69, 9.17) is 23.2 Å². The summed E-state index contributed by atoms with van der Waals surface area (Å²) in [6.07, 6.45) is 0. The van der Waals surface area contributed by atoms with E-state index >= 15 is 0 Å². The maximum absolute atomic E-state index is 6.20. The lowest BCUT2D eigenvalue weighted by Crippen LogP contribution is -1.87. The van der Waals surface area contributed by atoms with E-state index in [1.807, 2.05) is 32.0 Å². The molecule has 0 bridgehead atoms. The normalized spacial score (nSPS) is 10.9. The lowest BCUT2D eigenvalue weighted by Gasteiger charge is -2.06. The summed E-state index contributed by atoms with van der Waals surface area (Å²) in [5.41, 5.74) is 2.98. The molecule has 0 N–H and O–H groups in total. The van der Waals surface area contributed by atoms with Crippen molar-refractivity contribution in [2.24, 2.45) is 0 Å². The van der Waals surface area contributed by atoms with Crippen molar-refractivity contribution in [2.45, 2.75) is 13.8 Å². The molecule has 2 rings (SSSR count). The Labute approximate surface area is 92.7 Å². The first-order chi connectivity index (χ1) is 6.59. The van der Waals surface area contributed by atoms with Crippen LogP contribution in [0.5, 0.6) is 0 Å². The first kappa shape index (κ1) is 9.75. The molecule has 0 saturated heterocycles. The lowest BCUT2D eigenvalue weighted by molar-refractivity contribution is 1.35. The number of nitrogens with zero attached hydrogens (tertiary/aromatic N) is 1. The third-order valence-electron chi connectivity index (χ3n) is 2.27. The van der Waals surface area contributed by atoms with Crippen molar-refractivity contribution in [3.8, 4) is 0 Å². The summed E-state index contributed by atoms with van der Waals surface area (Å²) in [4.78, 5) is 4.22. The third kappa shape index (κ3) is 1.47. The van der Waals surface area contributed by atoms with Crippen LogP contribution in [0.2, 0.25) is 10.2 Å². The molecule has 2 aromatic rings. The summed E-state index contributed by atoms with van der Waals surface area (Å²) in [6, 6.07) is 5.72. The van der Waals surface area contributed by atoms with Crippen LogP contribution in [0.4, 0.5) is 0 Å². The molecule has 3 heteroatoms. The van der Waals surface area contributed by atoms with Gasteiger partial charge in [-0.3, -0.25) is 0 Å². The van der Waals surface area contributed by atoms with Gasteiger partial charge in [-0.2, -0.15) is 0 Å². The molecular weight excluding hydrogens is 217 g/mol. The Morgan fingerprint density at radius 3 is 2.50 bits per heavy atom. The molecule has 0 saturated carbocycles. The Bertz CT molecular complexity index is 506. The van der Waals surface area contributed by atoms with Crippen molar-refractivity contribution in [3.63, 3.8) is 0 Å². The first-order valence-corrected chi connectivity index (χ1v) is 5.07. The van der Waals surface area contributed by atoms with Crippen molar-refractivity contribution in [2.75, 3.05) is 0 Å². The Kier molecular flexibility index (Phi) is 2.38. The summed E-state index contributed by atoms with van der Waals surface area (Å²) < 4.78 is 0. The van der Waals surface area contributed by atoms with E-state index in [-0.39, 0.29) is 0 Å². The second kappa shape index (κ2) is 3.41. The van der Waals surface area contributed by atoms with E-state index in [9.17, 15) is 0 Å². The van der Waals surface area contributed by atoms with Gasteiger partial charge in [-0.05, 0) is 37.1 Å². The summed E-state index contributed by atoms with van der Waals surface area (Å²) in [6.45, 7) is 3.97. The molecule has 1 aromatic carbocycles. The van der Waals surface area contributed by atoms with E-state index in [0.29, 0.717) is 5.15 Å². The number of pyridine rings is 1. The van der Waals surface area contributed by atoms with Crippen molar-refractivity contribution in [1.82, 2.24) is 4.98 Å². The van der Waals surface area contributed by atoms with E-state index in [1.165, 1.54) is 0 Å². The predicted octanol–water partition coefficient (Wildman–Crippen LogP) is 4.16. The summed E-state index contributed by atoms with van der Waals surface area (Å²) in [7, 11) is 0. The van der Waals surface area contributed by atoms with Crippen LogP contribution in [-0.4, -0.2) is 4.98 Å². The number of hydrogen-bond donors (Lipinski definition) is 0. The number of aromatic nitrogens is 1. The minimum atomic E-state index is 0.509. The maximum atomic E-state index is 6.20. The van der Waals surface area contributed by atoms with E-state index in [0.717, 1.165) is 27.1 Å². The van der Waals surface area contributed by atoms with Gasteiger partial charge in [-0.25, -0.2) is 4.98 Å². The summed E-state index contributed by atoms with van der Waals surface area (Å²) >= 11 is 12.1. The van der Waals surface area contributed by atoms with E-state index in [2.05, 4.69) is 4.98 Å². The van der Waals surface area contributed by atoms with Crippen molar-refractivity contribution in [1.29, 1.82) is 0 Å². The van der Waals surface area contributed by atoms with Crippen LogP contribution in [0.15, 0.2) is 18.2 Å². The fourth-order valence-electron chi connectivity index (χ4n) is 1.54. The quantitative estimate of drug-likeness (QED) is 0.614. The van der Waals surface area contributed by atoms with Gasteiger partial charge in [0.15, 0.2) is 0 Å². The number of fused-ring (bicyclic) bond motifs is 1. The van der Waals surface area contributed by atoms with Gasteiger partial charge in [-0.1, -0.05) is 29.3 Å². The zero-order valence-electron chi connectivity index (χ0n) is 7.94. The second-order valence-electron chi connectivity index (χ2n) is 3.35. The van der Waals surface area contributed by atoms with Gasteiger partial charge in [0, 0.05) is 5.39 Å². The SMILES string of the molecule is Cc1ccc2nc(Cl)cc(C)c2c1Cl. The smallest absolute Gasteiger partial charge is 0.130 e. The highest BCUT2D eigenvalue weighted by Gasteiger charge is 2.07. The van der Waals surface area contributed by atoms with Crippen molar-refractivity contribution < 1.29 is 0 Å². The van der Waals surface area contributed by atoms with Crippen LogP contribution in [0.3, 0.4) is 0 Å². The molecule has 1 nitrogen and oxygen atoms in total. The molecule has 0 aliphatic carbocycles. The third-order valence-corrected chi connectivity index (χ3v) is 2.95. The Hall–Kier alpha value is -0.790. The van der Waals surface area contributed by atoms with Gasteiger partial charge in [0.2, 0.25) is 0 Å². The van der Waals surface area contributed by atoms with Gasteiger partial charge < -0.3 is 0 Å². The van der Waals surface area contributed by atoms with E-state index in [1.54, 1.807) is 0 Å². The fraction of sp³-hybridized carbons (Fsp3) is 0.182. The molecule has 1 heterocycles. The van der Waals surface area contributed by atoms with Gasteiger partial charge in [0.1, 0.15) is 5.15 Å². The van der Waals surface area contributed by atoms with Gasteiger partial charge >= 0.3 is 0 Å². The van der Waals surface area contributed by atoms with Gasteiger partial charge in [0.25, 0.3) is 0 Å². The summed E-state index contributed by atoms with van der Waals surface area (Å²) in [5.74, 6) is 0. The molecule has 72 valence electrons. The van der Waals surface area contributed by atoms with E-state index < -0.39 is 0 Å². The highest BCUT2D eigenvalue weighted by Crippen LogP contribution is 2.29. The average Bonchev–Trinajstić information content (AvgIpc) is 2.10. The molecule has 0 aliphatic rings. The topological polar surface area (TPSA) is 12.9 Å². The number of halogens is 2. The second-order valence-corrected chi connectivity index (χ2v) is 4.12.